The first-order valence-corrected chi connectivity index (χ1v) is 7.06. The number of ether oxygens (including phenoxy) is 1. The zero-order chi connectivity index (χ0) is 13.0. The van der Waals surface area contributed by atoms with Crippen LogP contribution in [0.3, 0.4) is 0 Å². The van der Waals surface area contributed by atoms with Gasteiger partial charge >= 0.3 is 0 Å². The van der Waals surface area contributed by atoms with E-state index in [-0.39, 0.29) is 30.8 Å². The molecule has 0 fully saturated rings. The van der Waals surface area contributed by atoms with Crippen molar-refractivity contribution in [2.24, 2.45) is 5.73 Å². The summed E-state index contributed by atoms with van der Waals surface area (Å²) in [4.78, 5) is 17.6. The van der Waals surface area contributed by atoms with Crippen LogP contribution in [0.1, 0.15) is 29.8 Å². The van der Waals surface area contributed by atoms with Gasteiger partial charge in [0.05, 0.1) is 18.2 Å². The Morgan fingerprint density at radius 3 is 2.89 bits per heavy atom. The summed E-state index contributed by atoms with van der Waals surface area (Å²) < 4.78 is 5.09. The number of aromatic nitrogens is 1. The van der Waals surface area contributed by atoms with E-state index < -0.39 is 0 Å². The molecular weight excluding hydrogens is 286 g/mol. The molecule has 1 amide bonds. The number of anilines is 1. The van der Waals surface area contributed by atoms with Gasteiger partial charge in [-0.05, 0) is 25.7 Å². The Bertz CT molecular complexity index is 398. The van der Waals surface area contributed by atoms with Crippen LogP contribution in [0.5, 0.6) is 0 Å². The highest BCUT2D eigenvalue weighted by Gasteiger charge is 2.17. The number of fused-ring (bicyclic) bond motifs is 1. The lowest BCUT2D eigenvalue weighted by atomic mass is 10.0. The van der Waals surface area contributed by atoms with E-state index in [9.17, 15) is 4.79 Å². The quantitative estimate of drug-likeness (QED) is 0.869. The molecule has 1 aromatic rings. The number of hydrogen-bond acceptors (Lipinski definition) is 5. The van der Waals surface area contributed by atoms with Crippen LogP contribution in [0.15, 0.2) is 0 Å². The molecule has 5 nitrogen and oxygen atoms in total. The van der Waals surface area contributed by atoms with Crippen LogP contribution in [0, 0.1) is 0 Å². The number of hydrogen-bond donors (Lipinski definition) is 2. The smallest absolute Gasteiger partial charge is 0.228 e. The molecule has 7 heteroatoms. The van der Waals surface area contributed by atoms with Crippen LogP contribution in [0.25, 0.3) is 0 Å². The Labute approximate surface area is 123 Å². The van der Waals surface area contributed by atoms with Gasteiger partial charge in [0.25, 0.3) is 0 Å². The molecule has 1 aromatic heterocycles. The van der Waals surface area contributed by atoms with E-state index in [1.54, 1.807) is 18.4 Å². The average Bonchev–Trinajstić information content (AvgIpc) is 2.77. The molecule has 1 unspecified atom stereocenters. The van der Waals surface area contributed by atoms with E-state index >= 15 is 0 Å². The summed E-state index contributed by atoms with van der Waals surface area (Å²) in [6, 6.07) is 0. The maximum Gasteiger partial charge on any atom is 0.228 e. The number of methoxy groups -OCH3 is 1. The molecule has 0 saturated heterocycles. The van der Waals surface area contributed by atoms with Crippen molar-refractivity contribution < 1.29 is 9.53 Å². The first-order chi connectivity index (χ1) is 8.72. The SMILES string of the molecule is COC(CN)CC(=O)Nc1nc2c(s1)CCCC2.Cl. The van der Waals surface area contributed by atoms with Crippen LogP contribution >= 0.6 is 23.7 Å². The van der Waals surface area contributed by atoms with E-state index in [0.29, 0.717) is 11.7 Å². The van der Waals surface area contributed by atoms with Crippen LogP contribution in [-0.2, 0) is 22.4 Å². The maximum absolute atomic E-state index is 11.8. The average molecular weight is 306 g/mol. The molecule has 2 rings (SSSR count). The topological polar surface area (TPSA) is 77.2 Å². The van der Waals surface area contributed by atoms with Gasteiger partial charge in [-0.15, -0.1) is 23.7 Å². The molecule has 0 aliphatic heterocycles. The summed E-state index contributed by atoms with van der Waals surface area (Å²) in [7, 11) is 1.56. The minimum absolute atomic E-state index is 0. The normalized spacial score (nSPS) is 15.3. The zero-order valence-corrected chi connectivity index (χ0v) is 12.6. The number of nitrogens with zero attached hydrogens (tertiary/aromatic N) is 1. The van der Waals surface area contributed by atoms with E-state index in [1.807, 2.05) is 0 Å². The summed E-state index contributed by atoms with van der Waals surface area (Å²) in [5, 5.41) is 3.54. The molecule has 1 aliphatic rings. The molecule has 0 spiro atoms. The second-order valence-electron chi connectivity index (χ2n) is 4.44. The molecule has 108 valence electrons. The standard InChI is InChI=1S/C12H19N3O2S.ClH/c1-17-8(7-13)6-11(16)15-12-14-9-4-2-3-5-10(9)18-12;/h8H,2-7,13H2,1H3,(H,14,15,16);1H. The minimum atomic E-state index is -0.223. The molecular formula is C12H20ClN3O2S. The van der Waals surface area contributed by atoms with Crippen molar-refractivity contribution in [2.75, 3.05) is 19.0 Å². The summed E-state index contributed by atoms with van der Waals surface area (Å²) in [6.07, 6.45) is 4.60. The van der Waals surface area contributed by atoms with Gasteiger partial charge in [-0.25, -0.2) is 4.98 Å². The molecule has 1 aliphatic carbocycles. The fourth-order valence-electron chi connectivity index (χ4n) is 2.05. The van der Waals surface area contributed by atoms with Crippen molar-refractivity contribution in [3.8, 4) is 0 Å². The highest BCUT2D eigenvalue weighted by Crippen LogP contribution is 2.29. The highest BCUT2D eigenvalue weighted by molar-refractivity contribution is 7.15. The number of aryl methyl sites for hydroxylation is 2. The minimum Gasteiger partial charge on any atom is -0.380 e. The molecule has 1 atom stereocenters. The molecule has 1 heterocycles. The third-order valence-corrected chi connectivity index (χ3v) is 4.17. The highest BCUT2D eigenvalue weighted by atomic mass is 35.5. The number of rotatable bonds is 5. The number of halogens is 1. The second-order valence-corrected chi connectivity index (χ2v) is 5.53. The lowest BCUT2D eigenvalue weighted by Gasteiger charge is -2.11. The van der Waals surface area contributed by atoms with E-state index in [0.717, 1.165) is 18.5 Å². The predicted octanol–water partition coefficient (Wildman–Crippen LogP) is 1.75. The molecule has 3 N–H and O–H groups in total. The summed E-state index contributed by atoms with van der Waals surface area (Å²) in [6.45, 7) is 0.346. The lowest BCUT2D eigenvalue weighted by molar-refractivity contribution is -0.118. The van der Waals surface area contributed by atoms with Crippen LogP contribution in [-0.4, -0.2) is 30.6 Å². The summed E-state index contributed by atoms with van der Waals surface area (Å²) in [5.41, 5.74) is 6.64. The van der Waals surface area contributed by atoms with Crippen molar-refractivity contribution in [3.05, 3.63) is 10.6 Å². The third kappa shape index (κ3) is 4.42. The Balaban J connectivity index is 0.00000180. The fraction of sp³-hybridized carbons (Fsp3) is 0.667. The lowest BCUT2D eigenvalue weighted by Crippen LogP contribution is -2.28. The number of nitrogens with one attached hydrogen (secondary N) is 1. The molecule has 19 heavy (non-hydrogen) atoms. The van der Waals surface area contributed by atoms with Crippen LogP contribution in [0.2, 0.25) is 0 Å². The Kier molecular flexibility index (Phi) is 6.71. The van der Waals surface area contributed by atoms with Gasteiger partial charge in [0, 0.05) is 18.5 Å². The van der Waals surface area contributed by atoms with Crippen LogP contribution < -0.4 is 11.1 Å². The number of carbonyl (C=O) groups excluding carboxylic acids is 1. The second kappa shape index (κ2) is 7.79. The van der Waals surface area contributed by atoms with Gasteiger partial charge in [0.2, 0.25) is 5.91 Å². The fourth-order valence-corrected chi connectivity index (χ4v) is 3.11. The van der Waals surface area contributed by atoms with E-state index in [4.69, 9.17) is 10.5 Å². The van der Waals surface area contributed by atoms with Crippen molar-refractivity contribution >= 4 is 34.8 Å². The van der Waals surface area contributed by atoms with Crippen molar-refractivity contribution in [1.82, 2.24) is 4.98 Å². The van der Waals surface area contributed by atoms with Gasteiger partial charge in [-0.3, -0.25) is 4.79 Å². The van der Waals surface area contributed by atoms with Gasteiger partial charge < -0.3 is 15.8 Å². The van der Waals surface area contributed by atoms with Gasteiger partial charge in [0.1, 0.15) is 0 Å². The van der Waals surface area contributed by atoms with Crippen molar-refractivity contribution in [3.63, 3.8) is 0 Å². The van der Waals surface area contributed by atoms with Crippen LogP contribution in [0.4, 0.5) is 5.13 Å². The Hall–Kier alpha value is -0.690. The summed E-state index contributed by atoms with van der Waals surface area (Å²) in [5.74, 6) is -0.0848. The van der Waals surface area contributed by atoms with Crippen molar-refractivity contribution in [1.29, 1.82) is 0 Å². The first kappa shape index (κ1) is 16.4. The number of amides is 1. The Morgan fingerprint density at radius 2 is 2.26 bits per heavy atom. The number of thiazole rings is 1. The monoisotopic (exact) mass is 305 g/mol. The van der Waals surface area contributed by atoms with Crippen molar-refractivity contribution in [2.45, 2.75) is 38.2 Å². The van der Waals surface area contributed by atoms with E-state index in [1.165, 1.54) is 17.7 Å². The van der Waals surface area contributed by atoms with E-state index in [2.05, 4.69) is 10.3 Å². The van der Waals surface area contributed by atoms with Gasteiger partial charge in [-0.2, -0.15) is 0 Å². The largest absolute Gasteiger partial charge is 0.380 e. The summed E-state index contributed by atoms with van der Waals surface area (Å²) >= 11 is 1.59. The third-order valence-electron chi connectivity index (χ3n) is 3.10. The molecule has 0 saturated carbocycles. The van der Waals surface area contributed by atoms with Gasteiger partial charge in [0.15, 0.2) is 5.13 Å². The Morgan fingerprint density at radius 1 is 1.53 bits per heavy atom. The predicted molar refractivity (Wildman–Crippen MR) is 79.1 cm³/mol. The number of carbonyl (C=O) groups is 1. The maximum atomic E-state index is 11.8. The zero-order valence-electron chi connectivity index (χ0n) is 11.0. The number of nitrogens with two attached hydrogens (primary N) is 1. The first-order valence-electron chi connectivity index (χ1n) is 6.24. The molecule has 0 aromatic carbocycles. The molecule has 0 bridgehead atoms. The van der Waals surface area contributed by atoms with Gasteiger partial charge in [-0.1, -0.05) is 0 Å². The molecule has 0 radical (unpaired) electrons.